The predicted octanol–water partition coefficient (Wildman–Crippen LogP) is 6.75. The second kappa shape index (κ2) is 4.19. The molecule has 5 atom stereocenters. The van der Waals surface area contributed by atoms with Gasteiger partial charge in [0.25, 0.3) is 0 Å². The summed E-state index contributed by atoms with van der Waals surface area (Å²) in [7, 11) is 0. The van der Waals surface area contributed by atoms with E-state index in [1.165, 1.54) is 12.8 Å². The molecular formula is C35H24O. The molecule has 0 amide bonds. The van der Waals surface area contributed by atoms with Crippen molar-refractivity contribution in [1.29, 1.82) is 0 Å². The Morgan fingerprint density at radius 3 is 2.47 bits per heavy atom. The Labute approximate surface area is 208 Å². The summed E-state index contributed by atoms with van der Waals surface area (Å²) in [6, 6.07) is 5.25. The molecule has 0 aromatic heterocycles. The smallest absolute Gasteiger partial charge is 0.0895 e. The second-order valence-electron chi connectivity index (χ2n) is 13.8. The topological polar surface area (TPSA) is 20.2 Å². The lowest BCUT2D eigenvalue weighted by atomic mass is 9.68. The number of aliphatic hydroxyl groups is 1. The van der Waals surface area contributed by atoms with Gasteiger partial charge in [-0.25, -0.2) is 0 Å². The van der Waals surface area contributed by atoms with Crippen molar-refractivity contribution >= 4 is 43.5 Å². The Hall–Kier alpha value is -2.90. The summed E-state index contributed by atoms with van der Waals surface area (Å²) >= 11 is 0. The molecule has 9 aliphatic carbocycles. The first kappa shape index (κ1) is 16.8. The van der Waals surface area contributed by atoms with Crippen LogP contribution in [0.25, 0.3) is 43.5 Å². The highest BCUT2D eigenvalue weighted by atomic mass is 16.3. The van der Waals surface area contributed by atoms with Crippen LogP contribution < -0.4 is 0 Å². The molecule has 0 heterocycles. The fourth-order valence-corrected chi connectivity index (χ4v) is 12.7. The SMILES string of the molecule is CCC1(O)C23C=C4Cc5cc6c7c8c5c4c4c5c9c(c(cc%10c9c9c(c85)C7C(C=C9C%10)CC6)CC2)C413. The standard InChI is InChI=1S/C35H24O/c1-2-34(36)33-6-5-15-9-18-10-16-7-13-3-4-14-8-17-11-19(12-33)25-24(17)27-21(14)20(13)26-22(16)23(18)29-30(28(26)27)32(25)35(33,34)31(15)29/h7-9,12-13,20,36H,2-6,10-11H2,1H3. The number of allylic oxidation sites excluding steroid dienone is 3. The van der Waals surface area contributed by atoms with Crippen molar-refractivity contribution in [1.82, 2.24) is 0 Å². The van der Waals surface area contributed by atoms with Crippen molar-refractivity contribution in [3.05, 3.63) is 79.9 Å². The monoisotopic (exact) mass is 460 g/mol. The van der Waals surface area contributed by atoms with Gasteiger partial charge in [0.2, 0.25) is 0 Å². The fourth-order valence-electron chi connectivity index (χ4n) is 12.7. The van der Waals surface area contributed by atoms with Gasteiger partial charge in [-0.1, -0.05) is 31.2 Å². The van der Waals surface area contributed by atoms with Crippen molar-refractivity contribution in [3.8, 4) is 0 Å². The molecule has 13 rings (SSSR count). The highest BCUT2D eigenvalue weighted by Gasteiger charge is 2.89. The number of rotatable bonds is 1. The van der Waals surface area contributed by atoms with E-state index in [2.05, 4.69) is 31.2 Å². The van der Waals surface area contributed by atoms with Crippen LogP contribution in [0.3, 0.4) is 0 Å². The summed E-state index contributed by atoms with van der Waals surface area (Å²) < 4.78 is 0. The maximum absolute atomic E-state index is 12.7. The molecule has 1 heteroatoms. The van der Waals surface area contributed by atoms with E-state index in [-0.39, 0.29) is 10.8 Å². The van der Waals surface area contributed by atoms with Crippen LogP contribution >= 0.6 is 0 Å². The summed E-state index contributed by atoms with van der Waals surface area (Å²) in [6.07, 6.45) is 13.2. The van der Waals surface area contributed by atoms with Gasteiger partial charge in [-0.15, -0.1) is 0 Å². The summed E-state index contributed by atoms with van der Waals surface area (Å²) in [4.78, 5) is 0. The summed E-state index contributed by atoms with van der Waals surface area (Å²) in [5.41, 5.74) is 18.5. The van der Waals surface area contributed by atoms with Gasteiger partial charge >= 0.3 is 0 Å². The highest BCUT2D eigenvalue weighted by Crippen LogP contribution is 2.88. The third kappa shape index (κ3) is 1.09. The van der Waals surface area contributed by atoms with Gasteiger partial charge < -0.3 is 5.11 Å². The fraction of sp³-hybridized carbons (Fsp3) is 0.371. The molecule has 9 aliphatic rings. The van der Waals surface area contributed by atoms with E-state index in [0.717, 1.165) is 32.1 Å². The van der Waals surface area contributed by atoms with Gasteiger partial charge in [0.15, 0.2) is 0 Å². The lowest BCUT2D eigenvalue weighted by Crippen LogP contribution is -2.28. The minimum atomic E-state index is -0.646. The van der Waals surface area contributed by atoms with Crippen molar-refractivity contribution in [2.75, 3.05) is 0 Å². The third-order valence-electron chi connectivity index (χ3n) is 13.4. The Kier molecular flexibility index (Phi) is 1.95. The minimum Gasteiger partial charge on any atom is -0.388 e. The van der Waals surface area contributed by atoms with Crippen LogP contribution in [0.4, 0.5) is 0 Å². The number of benzene rings is 4. The zero-order valence-corrected chi connectivity index (χ0v) is 20.4. The third-order valence-corrected chi connectivity index (χ3v) is 13.4. The van der Waals surface area contributed by atoms with E-state index in [4.69, 9.17) is 0 Å². The van der Waals surface area contributed by atoms with Crippen molar-refractivity contribution < 1.29 is 5.11 Å². The first-order chi connectivity index (χ1) is 17.6. The second-order valence-corrected chi connectivity index (χ2v) is 13.8. The molecule has 1 spiro atoms. The lowest BCUT2D eigenvalue weighted by Gasteiger charge is -2.35. The van der Waals surface area contributed by atoms with Gasteiger partial charge in [0.05, 0.1) is 11.0 Å². The van der Waals surface area contributed by atoms with Crippen molar-refractivity contribution in [3.63, 3.8) is 0 Å². The first-order valence-corrected chi connectivity index (χ1v) is 14.4. The first-order valence-electron chi connectivity index (χ1n) is 14.4. The lowest BCUT2D eigenvalue weighted by molar-refractivity contribution is 0.0984. The molecule has 0 radical (unpaired) electrons. The summed E-state index contributed by atoms with van der Waals surface area (Å²) in [6.45, 7) is 2.26. The molecule has 170 valence electrons. The molecule has 0 bridgehead atoms. The van der Waals surface area contributed by atoms with Crippen LogP contribution in [-0.2, 0) is 31.1 Å². The summed E-state index contributed by atoms with van der Waals surface area (Å²) in [5, 5.41) is 22.5. The van der Waals surface area contributed by atoms with Gasteiger partial charge in [-0.3, -0.25) is 0 Å². The molecule has 1 fully saturated rings. The van der Waals surface area contributed by atoms with Crippen molar-refractivity contribution in [2.24, 2.45) is 11.3 Å². The zero-order chi connectivity index (χ0) is 22.8. The molecule has 1 N–H and O–H groups in total. The van der Waals surface area contributed by atoms with Crippen LogP contribution in [0.5, 0.6) is 0 Å². The molecule has 1 nitrogen and oxygen atoms in total. The quantitative estimate of drug-likeness (QED) is 0.312. The van der Waals surface area contributed by atoms with Crippen LogP contribution in [0.15, 0.2) is 24.3 Å². The Balaban J connectivity index is 1.46. The molecule has 0 aliphatic heterocycles. The molecule has 36 heavy (non-hydrogen) atoms. The highest BCUT2D eigenvalue weighted by molar-refractivity contribution is 6.34. The molecule has 4 aromatic carbocycles. The normalized spacial score (nSPS) is 37.8. The van der Waals surface area contributed by atoms with Gasteiger partial charge in [0, 0.05) is 11.3 Å². The average Bonchev–Trinajstić information content (AvgIpc) is 3.42. The van der Waals surface area contributed by atoms with E-state index < -0.39 is 5.60 Å². The number of aryl methyl sites for hydroxylation is 2. The van der Waals surface area contributed by atoms with Crippen LogP contribution in [0.1, 0.15) is 87.7 Å². The number of hydrogen-bond donors (Lipinski definition) is 1. The number of hydrogen-bond acceptors (Lipinski definition) is 1. The maximum atomic E-state index is 12.7. The van der Waals surface area contributed by atoms with E-state index in [1.54, 1.807) is 99.1 Å². The van der Waals surface area contributed by atoms with E-state index >= 15 is 0 Å². The molecule has 0 saturated heterocycles. The zero-order valence-electron chi connectivity index (χ0n) is 20.4. The van der Waals surface area contributed by atoms with Crippen molar-refractivity contribution in [2.45, 2.75) is 68.8 Å². The van der Waals surface area contributed by atoms with Gasteiger partial charge in [-0.2, -0.15) is 0 Å². The van der Waals surface area contributed by atoms with Crippen LogP contribution in [0, 0.1) is 11.3 Å². The molecule has 1 saturated carbocycles. The van der Waals surface area contributed by atoms with Gasteiger partial charge in [-0.05, 0) is 150 Å². The maximum Gasteiger partial charge on any atom is 0.0895 e. The van der Waals surface area contributed by atoms with E-state index in [1.807, 2.05) is 0 Å². The predicted molar refractivity (Wildman–Crippen MR) is 143 cm³/mol. The Morgan fingerprint density at radius 2 is 1.58 bits per heavy atom. The Morgan fingerprint density at radius 1 is 0.806 bits per heavy atom. The largest absolute Gasteiger partial charge is 0.388 e. The molecular weight excluding hydrogens is 436 g/mol. The molecule has 5 unspecified atom stereocenters. The van der Waals surface area contributed by atoms with E-state index in [9.17, 15) is 5.11 Å². The minimum absolute atomic E-state index is 0.105. The average molecular weight is 461 g/mol. The summed E-state index contributed by atoms with van der Waals surface area (Å²) in [5.74, 6) is 1.24. The van der Waals surface area contributed by atoms with E-state index in [0.29, 0.717) is 11.8 Å². The molecule has 4 aromatic rings. The Bertz CT molecular complexity index is 2120. The van der Waals surface area contributed by atoms with Crippen LogP contribution in [-0.4, -0.2) is 10.7 Å². The van der Waals surface area contributed by atoms with Crippen LogP contribution in [0.2, 0.25) is 0 Å². The van der Waals surface area contributed by atoms with Gasteiger partial charge in [0.1, 0.15) is 0 Å².